The number of aromatic nitrogens is 3. The van der Waals surface area contributed by atoms with Crippen molar-refractivity contribution in [1.29, 1.82) is 0 Å². The molecule has 0 radical (unpaired) electrons. The summed E-state index contributed by atoms with van der Waals surface area (Å²) in [6.07, 6.45) is 3.64. The Morgan fingerprint density at radius 2 is 2.14 bits per heavy atom. The fourth-order valence-electron chi connectivity index (χ4n) is 1.59. The largest absolute Gasteiger partial charge is 0.372 e. The van der Waals surface area contributed by atoms with E-state index < -0.39 is 0 Å². The Kier molecular flexibility index (Phi) is 2.11. The Morgan fingerprint density at radius 1 is 1.36 bits per heavy atom. The summed E-state index contributed by atoms with van der Waals surface area (Å²) in [7, 11) is 1.87. The lowest BCUT2D eigenvalue weighted by Gasteiger charge is -2.08. The van der Waals surface area contributed by atoms with Crippen LogP contribution in [0.15, 0.2) is 18.6 Å². The van der Waals surface area contributed by atoms with Crippen LogP contribution in [0.5, 0.6) is 0 Å². The van der Waals surface area contributed by atoms with Crippen LogP contribution >= 0.6 is 0 Å². The van der Waals surface area contributed by atoms with Crippen LogP contribution < -0.4 is 5.32 Å². The van der Waals surface area contributed by atoms with Gasteiger partial charge in [0.25, 0.3) is 0 Å². The molecule has 2 aromatic rings. The van der Waals surface area contributed by atoms with Crippen LogP contribution in [-0.4, -0.2) is 21.6 Å². The summed E-state index contributed by atoms with van der Waals surface area (Å²) >= 11 is 0. The summed E-state index contributed by atoms with van der Waals surface area (Å²) in [4.78, 5) is 8.45. The van der Waals surface area contributed by atoms with Crippen LogP contribution in [0.1, 0.15) is 19.9 Å². The van der Waals surface area contributed by atoms with Gasteiger partial charge < -0.3 is 9.88 Å². The van der Waals surface area contributed by atoms with Gasteiger partial charge in [-0.25, -0.2) is 9.97 Å². The zero-order valence-corrected chi connectivity index (χ0v) is 8.65. The van der Waals surface area contributed by atoms with Gasteiger partial charge in [-0.05, 0) is 19.9 Å². The molecule has 0 saturated heterocycles. The predicted octanol–water partition coefficient (Wildman–Crippen LogP) is 2.05. The minimum atomic E-state index is 0.423. The lowest BCUT2D eigenvalue weighted by atomic mass is 10.3. The molecule has 0 aromatic carbocycles. The molecule has 0 atom stereocenters. The molecule has 0 spiro atoms. The van der Waals surface area contributed by atoms with Gasteiger partial charge in [-0.2, -0.15) is 0 Å². The van der Waals surface area contributed by atoms with Crippen molar-refractivity contribution in [2.45, 2.75) is 19.9 Å². The molecular weight excluding hydrogens is 176 g/mol. The molecule has 2 heterocycles. The molecular formula is C10H14N4. The highest BCUT2D eigenvalue weighted by Crippen LogP contribution is 2.22. The van der Waals surface area contributed by atoms with Crippen molar-refractivity contribution in [1.82, 2.24) is 14.5 Å². The number of nitrogens with zero attached hydrogens (tertiary/aromatic N) is 3. The molecule has 0 aliphatic carbocycles. The van der Waals surface area contributed by atoms with Gasteiger partial charge in [0, 0.05) is 19.3 Å². The monoisotopic (exact) mass is 190 g/mol. The van der Waals surface area contributed by atoms with Crippen LogP contribution in [-0.2, 0) is 0 Å². The average molecular weight is 190 g/mol. The summed E-state index contributed by atoms with van der Waals surface area (Å²) in [5, 5.41) is 4.13. The maximum atomic E-state index is 4.28. The van der Waals surface area contributed by atoms with Crippen LogP contribution in [0.4, 0.5) is 5.82 Å². The number of hydrogen-bond acceptors (Lipinski definition) is 3. The summed E-state index contributed by atoms with van der Waals surface area (Å²) in [6.45, 7) is 4.28. The highest BCUT2D eigenvalue weighted by molar-refractivity contribution is 5.87. The van der Waals surface area contributed by atoms with Crippen molar-refractivity contribution in [3.63, 3.8) is 0 Å². The van der Waals surface area contributed by atoms with Gasteiger partial charge in [-0.15, -0.1) is 0 Å². The maximum Gasteiger partial charge on any atom is 0.145 e. The van der Waals surface area contributed by atoms with Gasteiger partial charge in [0.15, 0.2) is 0 Å². The number of rotatable bonds is 2. The van der Waals surface area contributed by atoms with Crippen molar-refractivity contribution in [3.05, 3.63) is 18.6 Å². The summed E-state index contributed by atoms with van der Waals surface area (Å²) < 4.78 is 2.14. The number of anilines is 1. The van der Waals surface area contributed by atoms with Crippen LogP contribution in [0.25, 0.3) is 11.0 Å². The molecule has 0 bridgehead atoms. The van der Waals surface area contributed by atoms with E-state index in [9.17, 15) is 0 Å². The van der Waals surface area contributed by atoms with Crippen molar-refractivity contribution in [3.8, 4) is 0 Å². The first-order chi connectivity index (χ1) is 6.74. The topological polar surface area (TPSA) is 42.7 Å². The molecule has 14 heavy (non-hydrogen) atoms. The molecule has 2 aromatic heterocycles. The Bertz CT molecular complexity index is 444. The molecule has 0 aliphatic heterocycles. The molecule has 4 heteroatoms. The summed E-state index contributed by atoms with van der Waals surface area (Å²) in [5.41, 5.74) is 0.986. The van der Waals surface area contributed by atoms with Crippen molar-refractivity contribution < 1.29 is 0 Å². The quantitative estimate of drug-likeness (QED) is 0.788. The second-order valence-electron chi connectivity index (χ2n) is 3.53. The van der Waals surface area contributed by atoms with Crippen LogP contribution in [0, 0.1) is 0 Å². The second kappa shape index (κ2) is 3.29. The third kappa shape index (κ3) is 1.23. The molecule has 2 rings (SSSR count). The lowest BCUT2D eigenvalue weighted by molar-refractivity contribution is 0.617. The van der Waals surface area contributed by atoms with E-state index in [1.165, 1.54) is 0 Å². The van der Waals surface area contributed by atoms with Gasteiger partial charge in [0.1, 0.15) is 17.8 Å². The van der Waals surface area contributed by atoms with E-state index in [2.05, 4.69) is 33.7 Å². The van der Waals surface area contributed by atoms with E-state index in [0.717, 1.165) is 16.9 Å². The highest BCUT2D eigenvalue weighted by Gasteiger charge is 2.08. The number of fused-ring (bicyclic) bond motifs is 1. The minimum Gasteiger partial charge on any atom is -0.372 e. The zero-order chi connectivity index (χ0) is 10.1. The Labute approximate surface area is 83.0 Å². The normalized spacial score (nSPS) is 11.1. The first kappa shape index (κ1) is 8.99. The summed E-state index contributed by atoms with van der Waals surface area (Å²) in [6, 6.07) is 2.47. The van der Waals surface area contributed by atoms with Crippen LogP contribution in [0.2, 0.25) is 0 Å². The Hall–Kier alpha value is -1.58. The van der Waals surface area contributed by atoms with Gasteiger partial charge in [-0.3, -0.25) is 0 Å². The molecule has 0 saturated carbocycles. The maximum absolute atomic E-state index is 4.28. The molecule has 4 nitrogen and oxygen atoms in total. The Balaban J connectivity index is 2.69. The van der Waals surface area contributed by atoms with Crippen LogP contribution in [0.3, 0.4) is 0 Å². The minimum absolute atomic E-state index is 0.423. The van der Waals surface area contributed by atoms with E-state index in [1.807, 2.05) is 19.3 Å². The fourth-order valence-corrected chi connectivity index (χ4v) is 1.59. The average Bonchev–Trinajstić information content (AvgIpc) is 2.60. The SMILES string of the molecule is CNc1ncnc2c1ccn2C(C)C. The Morgan fingerprint density at radius 3 is 2.79 bits per heavy atom. The third-order valence-corrected chi connectivity index (χ3v) is 2.30. The van der Waals surface area contributed by atoms with Crippen molar-refractivity contribution in [2.24, 2.45) is 0 Å². The predicted molar refractivity (Wildman–Crippen MR) is 57.5 cm³/mol. The molecule has 0 fully saturated rings. The first-order valence-corrected chi connectivity index (χ1v) is 4.73. The number of nitrogens with one attached hydrogen (secondary N) is 1. The second-order valence-corrected chi connectivity index (χ2v) is 3.53. The smallest absolute Gasteiger partial charge is 0.145 e. The van der Waals surface area contributed by atoms with Crippen molar-refractivity contribution in [2.75, 3.05) is 12.4 Å². The first-order valence-electron chi connectivity index (χ1n) is 4.73. The van der Waals surface area contributed by atoms with E-state index in [-0.39, 0.29) is 0 Å². The third-order valence-electron chi connectivity index (χ3n) is 2.30. The van der Waals surface area contributed by atoms with E-state index in [1.54, 1.807) is 6.33 Å². The standard InChI is InChI=1S/C10H14N4/c1-7(2)14-5-4-8-9(11-3)12-6-13-10(8)14/h4-7H,1-3H3,(H,11,12,13). The lowest BCUT2D eigenvalue weighted by Crippen LogP contribution is -2.01. The van der Waals surface area contributed by atoms with Gasteiger partial charge >= 0.3 is 0 Å². The molecule has 74 valence electrons. The van der Waals surface area contributed by atoms with Gasteiger partial charge in [-0.1, -0.05) is 0 Å². The number of hydrogen-bond donors (Lipinski definition) is 1. The zero-order valence-electron chi connectivity index (χ0n) is 8.65. The van der Waals surface area contributed by atoms with E-state index in [0.29, 0.717) is 6.04 Å². The van der Waals surface area contributed by atoms with E-state index >= 15 is 0 Å². The molecule has 1 N–H and O–H groups in total. The summed E-state index contributed by atoms with van der Waals surface area (Å²) in [5.74, 6) is 0.884. The fraction of sp³-hybridized carbons (Fsp3) is 0.400. The van der Waals surface area contributed by atoms with E-state index in [4.69, 9.17) is 0 Å². The molecule has 0 unspecified atom stereocenters. The molecule has 0 amide bonds. The van der Waals surface area contributed by atoms with Crippen molar-refractivity contribution >= 4 is 16.9 Å². The van der Waals surface area contributed by atoms with Gasteiger partial charge in [0.2, 0.25) is 0 Å². The molecule has 0 aliphatic rings. The van der Waals surface area contributed by atoms with Gasteiger partial charge in [0.05, 0.1) is 5.39 Å². The highest BCUT2D eigenvalue weighted by atomic mass is 15.1.